The first kappa shape index (κ1) is 15.7. The molecule has 0 radical (unpaired) electrons. The first-order valence-corrected chi connectivity index (χ1v) is 6.85. The molecule has 2 rings (SSSR count). The van der Waals surface area contributed by atoms with Gasteiger partial charge in [-0.2, -0.15) is 0 Å². The van der Waals surface area contributed by atoms with Crippen molar-refractivity contribution in [2.24, 2.45) is 0 Å². The second-order valence-electron chi connectivity index (χ2n) is 4.33. The molecule has 2 aromatic rings. The summed E-state index contributed by atoms with van der Waals surface area (Å²) in [6.45, 7) is 0. The van der Waals surface area contributed by atoms with Gasteiger partial charge in [-0.25, -0.2) is 9.59 Å². The SMILES string of the molecule is O=C(O)c1ccc(C(=O)Nc2ccc(Br)cc2)c(C(=O)O)c1. The minimum atomic E-state index is -1.37. The quantitative estimate of drug-likeness (QED) is 0.774. The van der Waals surface area contributed by atoms with E-state index >= 15 is 0 Å². The Bertz CT molecular complexity index is 755. The van der Waals surface area contributed by atoms with Crippen LogP contribution in [-0.2, 0) is 0 Å². The van der Waals surface area contributed by atoms with Gasteiger partial charge < -0.3 is 15.5 Å². The third kappa shape index (κ3) is 3.50. The summed E-state index contributed by atoms with van der Waals surface area (Å²) in [5, 5.41) is 20.6. The van der Waals surface area contributed by atoms with Crippen LogP contribution in [0.4, 0.5) is 5.69 Å². The predicted octanol–water partition coefficient (Wildman–Crippen LogP) is 3.10. The molecule has 1 amide bonds. The van der Waals surface area contributed by atoms with Crippen molar-refractivity contribution in [2.45, 2.75) is 0 Å². The molecule has 6 nitrogen and oxygen atoms in total. The topological polar surface area (TPSA) is 104 Å². The molecule has 22 heavy (non-hydrogen) atoms. The summed E-state index contributed by atoms with van der Waals surface area (Å²) in [5.74, 6) is -3.26. The number of carbonyl (C=O) groups excluding carboxylic acids is 1. The Kier molecular flexibility index (Phi) is 4.57. The Morgan fingerprint density at radius 3 is 2.05 bits per heavy atom. The van der Waals surface area contributed by atoms with Crippen LogP contribution in [0, 0.1) is 0 Å². The van der Waals surface area contributed by atoms with Crippen LogP contribution in [0.3, 0.4) is 0 Å². The molecule has 0 fully saturated rings. The third-order valence-corrected chi connectivity index (χ3v) is 3.37. The lowest BCUT2D eigenvalue weighted by Crippen LogP contribution is -2.17. The van der Waals surface area contributed by atoms with Crippen molar-refractivity contribution < 1.29 is 24.6 Å². The summed E-state index contributed by atoms with van der Waals surface area (Å²) >= 11 is 3.26. The Morgan fingerprint density at radius 1 is 0.864 bits per heavy atom. The Hall–Kier alpha value is -2.67. The first-order chi connectivity index (χ1) is 10.4. The molecule has 0 aliphatic heterocycles. The number of anilines is 1. The maximum atomic E-state index is 12.2. The van der Waals surface area contributed by atoms with Crippen LogP contribution in [0.5, 0.6) is 0 Å². The number of hydrogen-bond donors (Lipinski definition) is 3. The fourth-order valence-corrected chi connectivity index (χ4v) is 2.05. The van der Waals surface area contributed by atoms with Crippen molar-refractivity contribution in [2.75, 3.05) is 5.32 Å². The van der Waals surface area contributed by atoms with Gasteiger partial charge in [0.05, 0.1) is 16.7 Å². The third-order valence-electron chi connectivity index (χ3n) is 2.84. The normalized spacial score (nSPS) is 10.0. The van der Waals surface area contributed by atoms with Crippen molar-refractivity contribution in [3.8, 4) is 0 Å². The number of nitrogens with one attached hydrogen (secondary N) is 1. The van der Waals surface area contributed by atoms with E-state index in [0.717, 1.165) is 10.5 Å². The first-order valence-electron chi connectivity index (χ1n) is 6.06. The maximum Gasteiger partial charge on any atom is 0.336 e. The fraction of sp³-hybridized carbons (Fsp3) is 0. The minimum Gasteiger partial charge on any atom is -0.478 e. The lowest BCUT2D eigenvalue weighted by atomic mass is 10.0. The van der Waals surface area contributed by atoms with E-state index in [1.807, 2.05) is 0 Å². The number of amides is 1. The molecule has 3 N–H and O–H groups in total. The fourth-order valence-electron chi connectivity index (χ4n) is 1.78. The van der Waals surface area contributed by atoms with Crippen LogP contribution in [0.2, 0.25) is 0 Å². The van der Waals surface area contributed by atoms with Crippen molar-refractivity contribution >= 4 is 39.5 Å². The Labute approximate surface area is 133 Å². The van der Waals surface area contributed by atoms with Crippen LogP contribution >= 0.6 is 15.9 Å². The van der Waals surface area contributed by atoms with Crippen molar-refractivity contribution in [1.82, 2.24) is 0 Å². The van der Waals surface area contributed by atoms with Crippen LogP contribution in [0.15, 0.2) is 46.9 Å². The molecular weight excluding hydrogens is 354 g/mol. The van der Waals surface area contributed by atoms with Gasteiger partial charge in [0.2, 0.25) is 0 Å². The molecule has 112 valence electrons. The second-order valence-corrected chi connectivity index (χ2v) is 5.25. The molecule has 0 bridgehead atoms. The Balaban J connectivity index is 2.34. The molecule has 0 aromatic heterocycles. The molecule has 0 atom stereocenters. The zero-order chi connectivity index (χ0) is 16.3. The van der Waals surface area contributed by atoms with E-state index in [2.05, 4.69) is 21.2 Å². The van der Waals surface area contributed by atoms with Crippen LogP contribution in [-0.4, -0.2) is 28.1 Å². The zero-order valence-electron chi connectivity index (χ0n) is 11.0. The average molecular weight is 364 g/mol. The smallest absolute Gasteiger partial charge is 0.336 e. The standard InChI is InChI=1S/C15H10BrNO5/c16-9-2-4-10(5-3-9)17-13(18)11-6-1-8(14(19)20)7-12(11)15(21)22/h1-7H,(H,17,18)(H,19,20)(H,21,22). The molecule has 7 heteroatoms. The number of aromatic carboxylic acids is 2. The average Bonchev–Trinajstić information content (AvgIpc) is 2.48. The van der Waals surface area contributed by atoms with Gasteiger partial charge in [-0.3, -0.25) is 4.79 Å². The zero-order valence-corrected chi connectivity index (χ0v) is 12.6. The second kappa shape index (κ2) is 6.40. The van der Waals surface area contributed by atoms with Crippen molar-refractivity contribution in [3.63, 3.8) is 0 Å². The number of carboxylic acid groups (broad SMARTS) is 2. The highest BCUT2D eigenvalue weighted by atomic mass is 79.9. The predicted molar refractivity (Wildman–Crippen MR) is 82.5 cm³/mol. The summed E-state index contributed by atoms with van der Waals surface area (Å²) in [7, 11) is 0. The molecule has 0 unspecified atom stereocenters. The molecule has 2 aromatic carbocycles. The van der Waals surface area contributed by atoms with Gasteiger partial charge in [0.25, 0.3) is 5.91 Å². The molecule has 0 heterocycles. The number of halogens is 1. The van der Waals surface area contributed by atoms with E-state index < -0.39 is 17.8 Å². The molecule has 0 saturated carbocycles. The van der Waals surface area contributed by atoms with E-state index in [-0.39, 0.29) is 16.7 Å². The number of carbonyl (C=O) groups is 3. The summed E-state index contributed by atoms with van der Waals surface area (Å²) in [6, 6.07) is 10.1. The summed E-state index contributed by atoms with van der Waals surface area (Å²) in [4.78, 5) is 34.3. The van der Waals surface area contributed by atoms with Crippen LogP contribution < -0.4 is 5.32 Å². The molecule has 0 aliphatic rings. The van der Waals surface area contributed by atoms with Gasteiger partial charge >= 0.3 is 11.9 Å². The maximum absolute atomic E-state index is 12.2. The van der Waals surface area contributed by atoms with Gasteiger partial charge in [-0.15, -0.1) is 0 Å². The molecule has 0 aliphatic carbocycles. The highest BCUT2D eigenvalue weighted by Crippen LogP contribution is 2.17. The van der Waals surface area contributed by atoms with E-state index in [0.29, 0.717) is 5.69 Å². The molecular formula is C15H10BrNO5. The van der Waals surface area contributed by atoms with Gasteiger partial charge in [0.15, 0.2) is 0 Å². The van der Waals surface area contributed by atoms with Gasteiger partial charge in [-0.1, -0.05) is 15.9 Å². The number of benzene rings is 2. The highest BCUT2D eigenvalue weighted by Gasteiger charge is 2.19. The molecule has 0 spiro atoms. The lowest BCUT2D eigenvalue weighted by Gasteiger charge is -2.09. The minimum absolute atomic E-state index is 0.111. The van der Waals surface area contributed by atoms with E-state index in [4.69, 9.17) is 10.2 Å². The van der Waals surface area contributed by atoms with Gasteiger partial charge in [0, 0.05) is 10.2 Å². The lowest BCUT2D eigenvalue weighted by molar-refractivity contribution is 0.0692. The van der Waals surface area contributed by atoms with Gasteiger partial charge in [0.1, 0.15) is 0 Å². The summed E-state index contributed by atoms with van der Waals surface area (Å²) in [6.07, 6.45) is 0. The Morgan fingerprint density at radius 2 is 1.50 bits per heavy atom. The van der Waals surface area contributed by atoms with Crippen molar-refractivity contribution in [3.05, 3.63) is 63.6 Å². The summed E-state index contributed by atoms with van der Waals surface area (Å²) < 4.78 is 0.836. The molecule has 0 saturated heterocycles. The van der Waals surface area contributed by atoms with Crippen LogP contribution in [0.1, 0.15) is 31.1 Å². The van der Waals surface area contributed by atoms with Crippen LogP contribution in [0.25, 0.3) is 0 Å². The highest BCUT2D eigenvalue weighted by molar-refractivity contribution is 9.10. The monoisotopic (exact) mass is 363 g/mol. The van der Waals surface area contributed by atoms with Gasteiger partial charge in [-0.05, 0) is 42.5 Å². The summed E-state index contributed by atoms with van der Waals surface area (Å²) in [5.41, 5.74) is -0.181. The van der Waals surface area contributed by atoms with Crippen molar-refractivity contribution in [1.29, 1.82) is 0 Å². The largest absolute Gasteiger partial charge is 0.478 e. The number of hydrogen-bond acceptors (Lipinski definition) is 3. The van der Waals surface area contributed by atoms with E-state index in [9.17, 15) is 14.4 Å². The number of rotatable bonds is 4. The van der Waals surface area contributed by atoms with E-state index in [1.165, 1.54) is 12.1 Å². The number of carboxylic acids is 2. The van der Waals surface area contributed by atoms with E-state index in [1.54, 1.807) is 24.3 Å².